The molecule has 0 N–H and O–H groups in total. The van der Waals surface area contributed by atoms with Crippen molar-refractivity contribution in [2.75, 3.05) is 6.61 Å². The first kappa shape index (κ1) is 10.2. The Morgan fingerprint density at radius 2 is 2.45 bits per heavy atom. The maximum atomic E-state index is 5.14. The van der Waals surface area contributed by atoms with E-state index in [9.17, 15) is 0 Å². The van der Waals surface area contributed by atoms with E-state index in [0.717, 1.165) is 0 Å². The van der Waals surface area contributed by atoms with E-state index in [4.69, 9.17) is 4.84 Å². The zero-order valence-electron chi connectivity index (χ0n) is 6.40. The van der Waals surface area contributed by atoms with Crippen LogP contribution in [0, 0.1) is 0 Å². The molecule has 0 atom stereocenters. The number of hydrogen-bond donors (Lipinski definition) is 0. The summed E-state index contributed by atoms with van der Waals surface area (Å²) in [5.41, 5.74) is 0. The molecule has 3 nitrogen and oxygen atoms in total. The van der Waals surface area contributed by atoms with E-state index in [1.165, 1.54) is 0 Å². The monoisotopic (exact) mass is 218 g/mol. The Morgan fingerprint density at radius 3 is 2.91 bits per heavy atom. The second kappa shape index (κ2) is 4.96. The summed E-state index contributed by atoms with van der Waals surface area (Å²) in [5.74, 6) is 0. The van der Waals surface area contributed by atoms with Crippen LogP contribution in [0.15, 0.2) is 25.3 Å². The summed E-state index contributed by atoms with van der Waals surface area (Å²) in [6.45, 7) is 6.21. The molecular formula is C7H11BrN2O. The first-order valence-electron chi connectivity index (χ1n) is 3.21. The van der Waals surface area contributed by atoms with Gasteiger partial charge in [-0.2, -0.15) is 0 Å². The summed E-state index contributed by atoms with van der Waals surface area (Å²) in [4.78, 5) is 5.14. The fraction of sp³-hybridized carbons (Fsp3) is 0.286. The van der Waals surface area contributed by atoms with Gasteiger partial charge in [-0.05, 0) is 6.92 Å². The van der Waals surface area contributed by atoms with Crippen molar-refractivity contribution in [2.24, 2.45) is 0 Å². The molecule has 0 aliphatic carbocycles. The van der Waals surface area contributed by atoms with Crippen molar-refractivity contribution >= 4 is 6.20 Å². The average molecular weight is 219 g/mol. The van der Waals surface area contributed by atoms with Gasteiger partial charge in [-0.1, -0.05) is 11.3 Å². The molecule has 11 heavy (non-hydrogen) atoms. The van der Waals surface area contributed by atoms with Crippen molar-refractivity contribution in [1.82, 2.24) is 4.73 Å². The Labute approximate surface area is 76.6 Å². The van der Waals surface area contributed by atoms with Gasteiger partial charge in [0.2, 0.25) is 0 Å². The topological polar surface area (TPSA) is 18.0 Å². The van der Waals surface area contributed by atoms with Crippen molar-refractivity contribution < 1.29 is 26.4 Å². The van der Waals surface area contributed by atoms with E-state index in [0.29, 0.717) is 6.61 Å². The molecule has 0 aliphatic rings. The molecule has 1 aromatic heterocycles. The molecule has 1 heterocycles. The van der Waals surface area contributed by atoms with Gasteiger partial charge < -0.3 is 21.8 Å². The summed E-state index contributed by atoms with van der Waals surface area (Å²) >= 11 is 0. The first-order valence-corrected chi connectivity index (χ1v) is 3.21. The normalized spacial score (nSPS) is 8.45. The van der Waals surface area contributed by atoms with Gasteiger partial charge in [0.25, 0.3) is 6.33 Å². The Bertz CT molecular complexity index is 222. The Kier molecular flexibility index (Phi) is 4.61. The number of imidazole rings is 1. The van der Waals surface area contributed by atoms with E-state index in [-0.39, 0.29) is 17.0 Å². The van der Waals surface area contributed by atoms with Crippen LogP contribution in [0.3, 0.4) is 0 Å². The minimum absolute atomic E-state index is 0. The molecule has 62 valence electrons. The highest BCUT2D eigenvalue weighted by Crippen LogP contribution is 1.78. The predicted octanol–water partition coefficient (Wildman–Crippen LogP) is -2.67. The van der Waals surface area contributed by atoms with Gasteiger partial charge in [0, 0.05) is 0 Å². The number of nitrogens with zero attached hydrogens (tertiary/aromatic N) is 2. The van der Waals surface area contributed by atoms with Crippen molar-refractivity contribution in [3.8, 4) is 0 Å². The number of rotatable bonds is 3. The third-order valence-electron chi connectivity index (χ3n) is 1.12. The molecule has 0 radical (unpaired) electrons. The molecule has 4 heteroatoms. The highest BCUT2D eigenvalue weighted by molar-refractivity contribution is 4.94. The van der Waals surface area contributed by atoms with E-state index in [2.05, 4.69) is 6.58 Å². The van der Waals surface area contributed by atoms with Crippen LogP contribution in [-0.4, -0.2) is 11.3 Å². The molecule has 0 saturated carbocycles. The summed E-state index contributed by atoms with van der Waals surface area (Å²) in [7, 11) is 0. The van der Waals surface area contributed by atoms with Crippen LogP contribution in [0.4, 0.5) is 0 Å². The van der Waals surface area contributed by atoms with Gasteiger partial charge in [0.05, 0.1) is 6.20 Å². The molecule has 0 unspecified atom stereocenters. The molecule has 0 saturated heterocycles. The molecule has 0 bridgehead atoms. The maximum absolute atomic E-state index is 5.14. The smallest absolute Gasteiger partial charge is 0.288 e. The van der Waals surface area contributed by atoms with E-state index in [1.54, 1.807) is 17.3 Å². The SMILES string of the molecule is C=C[n+]1ccn(OCC)c1.[Br-]. The molecule has 0 aromatic carbocycles. The first-order chi connectivity index (χ1) is 4.86. The molecule has 1 rings (SSSR count). The average Bonchev–Trinajstić information content (AvgIpc) is 2.37. The largest absolute Gasteiger partial charge is 1.00 e. The number of hydrogen-bond acceptors (Lipinski definition) is 1. The molecule has 0 aliphatic heterocycles. The van der Waals surface area contributed by atoms with Gasteiger partial charge in [-0.3, -0.25) is 0 Å². The Balaban J connectivity index is 0.000001000. The molecule has 1 aromatic rings. The lowest BCUT2D eigenvalue weighted by Gasteiger charge is -1.90. The van der Waals surface area contributed by atoms with E-state index in [1.807, 2.05) is 23.9 Å². The van der Waals surface area contributed by atoms with Gasteiger partial charge in [0.15, 0.2) is 6.20 Å². The lowest BCUT2D eigenvalue weighted by molar-refractivity contribution is -0.568. The van der Waals surface area contributed by atoms with Crippen LogP contribution in [0.5, 0.6) is 0 Å². The molecule has 0 fully saturated rings. The molecular weight excluding hydrogens is 208 g/mol. The van der Waals surface area contributed by atoms with Gasteiger partial charge in [-0.15, -0.1) is 0 Å². The standard InChI is InChI=1S/C7H11N2O.BrH/c1-3-8-5-6-9(7-8)10-4-2;/h3,5-7H,1,4H2,2H3;1H/q+1;/p-1. The van der Waals surface area contributed by atoms with Crippen LogP contribution >= 0.6 is 0 Å². The van der Waals surface area contributed by atoms with Crippen LogP contribution in [0.25, 0.3) is 6.20 Å². The maximum Gasteiger partial charge on any atom is 0.288 e. The molecule has 0 amide bonds. The Hall–Kier alpha value is -0.770. The molecule has 0 spiro atoms. The van der Waals surface area contributed by atoms with Crippen molar-refractivity contribution in [1.29, 1.82) is 0 Å². The lowest BCUT2D eigenvalue weighted by atomic mass is 10.9. The third-order valence-corrected chi connectivity index (χ3v) is 1.12. The van der Waals surface area contributed by atoms with Crippen molar-refractivity contribution in [3.05, 3.63) is 25.3 Å². The lowest BCUT2D eigenvalue weighted by Crippen LogP contribution is -3.00. The van der Waals surface area contributed by atoms with Crippen LogP contribution in [0.2, 0.25) is 0 Å². The fourth-order valence-electron chi connectivity index (χ4n) is 0.685. The van der Waals surface area contributed by atoms with Crippen LogP contribution in [-0.2, 0) is 0 Å². The summed E-state index contributed by atoms with van der Waals surface area (Å²) in [6.07, 6.45) is 7.19. The quantitative estimate of drug-likeness (QED) is 0.507. The Morgan fingerprint density at radius 1 is 1.73 bits per heavy atom. The number of aromatic nitrogens is 2. The summed E-state index contributed by atoms with van der Waals surface area (Å²) in [5, 5.41) is 0. The minimum atomic E-state index is 0. The highest BCUT2D eigenvalue weighted by Gasteiger charge is 1.97. The van der Waals surface area contributed by atoms with E-state index < -0.39 is 0 Å². The van der Waals surface area contributed by atoms with Crippen LogP contribution in [0.1, 0.15) is 6.92 Å². The van der Waals surface area contributed by atoms with Crippen molar-refractivity contribution in [2.45, 2.75) is 6.92 Å². The zero-order valence-corrected chi connectivity index (χ0v) is 7.99. The zero-order chi connectivity index (χ0) is 7.40. The summed E-state index contributed by atoms with van der Waals surface area (Å²) in [6, 6.07) is 0. The van der Waals surface area contributed by atoms with Gasteiger partial charge in [-0.25, -0.2) is 4.57 Å². The second-order valence-electron chi connectivity index (χ2n) is 1.82. The predicted molar refractivity (Wildman–Crippen MR) is 38.1 cm³/mol. The van der Waals surface area contributed by atoms with Gasteiger partial charge in [0.1, 0.15) is 12.8 Å². The summed E-state index contributed by atoms with van der Waals surface area (Å²) < 4.78 is 3.46. The highest BCUT2D eigenvalue weighted by atomic mass is 79.9. The van der Waals surface area contributed by atoms with Crippen LogP contribution < -0.4 is 26.4 Å². The van der Waals surface area contributed by atoms with Gasteiger partial charge >= 0.3 is 0 Å². The minimum Gasteiger partial charge on any atom is -1.00 e. The van der Waals surface area contributed by atoms with E-state index >= 15 is 0 Å². The van der Waals surface area contributed by atoms with Crippen molar-refractivity contribution in [3.63, 3.8) is 0 Å². The number of halogens is 1. The second-order valence-corrected chi connectivity index (χ2v) is 1.82. The third kappa shape index (κ3) is 2.76. The fourth-order valence-corrected chi connectivity index (χ4v) is 0.685.